The van der Waals surface area contributed by atoms with Crippen LogP contribution in [0.3, 0.4) is 0 Å². The Bertz CT molecular complexity index is 410. The van der Waals surface area contributed by atoms with Crippen LogP contribution in [0.4, 0.5) is 15.8 Å². The van der Waals surface area contributed by atoms with Crippen LogP contribution in [0.15, 0.2) is 18.2 Å². The van der Waals surface area contributed by atoms with Crippen molar-refractivity contribution in [3.63, 3.8) is 0 Å². The number of para-hydroxylation sites is 1. The summed E-state index contributed by atoms with van der Waals surface area (Å²) >= 11 is 0. The van der Waals surface area contributed by atoms with Gasteiger partial charge in [-0.15, -0.1) is 0 Å². The van der Waals surface area contributed by atoms with Gasteiger partial charge in [-0.05, 0) is 26.2 Å². The lowest BCUT2D eigenvalue weighted by Crippen LogP contribution is -2.52. The predicted molar refractivity (Wildman–Crippen MR) is 73.2 cm³/mol. The van der Waals surface area contributed by atoms with Crippen molar-refractivity contribution in [1.82, 2.24) is 9.80 Å². The predicted octanol–water partition coefficient (Wildman–Crippen LogP) is 1.07. The van der Waals surface area contributed by atoms with E-state index in [0.29, 0.717) is 11.7 Å². The molecule has 0 aromatic heterocycles. The van der Waals surface area contributed by atoms with Gasteiger partial charge in [0, 0.05) is 32.2 Å². The standard InChI is InChI=1S/C13H21FN4/c1-17-6-7-18(2)10(9-17)8-16-12-5-3-4-11(14)13(12)15/h3-5,10,16H,6-9,15H2,1-2H3. The Kier molecular flexibility index (Phi) is 4.04. The van der Waals surface area contributed by atoms with E-state index in [9.17, 15) is 4.39 Å². The highest BCUT2D eigenvalue weighted by atomic mass is 19.1. The van der Waals surface area contributed by atoms with Gasteiger partial charge < -0.3 is 16.0 Å². The Labute approximate surface area is 108 Å². The first-order chi connectivity index (χ1) is 8.58. The van der Waals surface area contributed by atoms with Crippen molar-refractivity contribution >= 4 is 11.4 Å². The zero-order valence-corrected chi connectivity index (χ0v) is 11.0. The molecule has 1 unspecified atom stereocenters. The van der Waals surface area contributed by atoms with Gasteiger partial charge in [0.2, 0.25) is 0 Å². The average Bonchev–Trinajstić information content (AvgIpc) is 2.35. The second kappa shape index (κ2) is 5.54. The number of halogens is 1. The number of rotatable bonds is 3. The van der Waals surface area contributed by atoms with Crippen LogP contribution in [0.1, 0.15) is 0 Å². The number of piperazine rings is 1. The Morgan fingerprint density at radius 3 is 2.94 bits per heavy atom. The quantitative estimate of drug-likeness (QED) is 0.790. The Morgan fingerprint density at radius 1 is 1.39 bits per heavy atom. The van der Waals surface area contributed by atoms with Gasteiger partial charge in [-0.2, -0.15) is 0 Å². The number of nitrogen functional groups attached to an aromatic ring is 1. The molecule has 1 aromatic carbocycles. The number of likely N-dealkylation sites (N-methyl/N-ethyl adjacent to an activating group) is 2. The Hall–Kier alpha value is -1.33. The van der Waals surface area contributed by atoms with Crippen molar-refractivity contribution in [3.05, 3.63) is 24.0 Å². The summed E-state index contributed by atoms with van der Waals surface area (Å²) in [7, 11) is 4.24. The summed E-state index contributed by atoms with van der Waals surface area (Å²) in [4.78, 5) is 4.63. The molecule has 2 rings (SSSR count). The first kappa shape index (κ1) is 13.1. The van der Waals surface area contributed by atoms with Crippen LogP contribution >= 0.6 is 0 Å². The minimum Gasteiger partial charge on any atom is -0.395 e. The fourth-order valence-electron chi connectivity index (χ4n) is 2.24. The van der Waals surface area contributed by atoms with Gasteiger partial charge in [-0.1, -0.05) is 6.07 Å². The summed E-state index contributed by atoms with van der Waals surface area (Å²) in [5.41, 5.74) is 6.57. The van der Waals surface area contributed by atoms with Crippen LogP contribution in [0, 0.1) is 5.82 Å². The molecule has 3 N–H and O–H groups in total. The molecule has 4 nitrogen and oxygen atoms in total. The summed E-state index contributed by atoms with van der Waals surface area (Å²) in [6.45, 7) is 3.93. The van der Waals surface area contributed by atoms with E-state index in [1.807, 2.05) is 6.07 Å². The number of nitrogens with one attached hydrogen (secondary N) is 1. The fraction of sp³-hybridized carbons (Fsp3) is 0.538. The fourth-order valence-corrected chi connectivity index (χ4v) is 2.24. The van der Waals surface area contributed by atoms with Crippen LogP contribution < -0.4 is 11.1 Å². The normalized spacial score (nSPS) is 22.1. The van der Waals surface area contributed by atoms with Crippen LogP contribution in [0.5, 0.6) is 0 Å². The highest BCUT2D eigenvalue weighted by Crippen LogP contribution is 2.21. The molecular weight excluding hydrogens is 231 g/mol. The lowest BCUT2D eigenvalue weighted by atomic mass is 10.1. The Balaban J connectivity index is 1.96. The third-order valence-corrected chi connectivity index (χ3v) is 3.56. The molecule has 1 aliphatic rings. The first-order valence-corrected chi connectivity index (χ1v) is 6.24. The highest BCUT2D eigenvalue weighted by molar-refractivity contribution is 5.66. The van der Waals surface area contributed by atoms with E-state index >= 15 is 0 Å². The van der Waals surface area contributed by atoms with E-state index in [1.165, 1.54) is 6.07 Å². The number of nitrogens with two attached hydrogens (primary N) is 1. The van der Waals surface area contributed by atoms with Gasteiger partial charge in [0.25, 0.3) is 0 Å². The van der Waals surface area contributed by atoms with Crippen molar-refractivity contribution in [2.45, 2.75) is 6.04 Å². The van der Waals surface area contributed by atoms with Crippen LogP contribution in [0.2, 0.25) is 0 Å². The number of anilines is 2. The number of hydrogen-bond donors (Lipinski definition) is 2. The minimum absolute atomic E-state index is 0.198. The topological polar surface area (TPSA) is 44.5 Å². The van der Waals surface area contributed by atoms with Crippen molar-refractivity contribution in [3.8, 4) is 0 Å². The van der Waals surface area contributed by atoms with Crippen LogP contribution in [-0.2, 0) is 0 Å². The van der Waals surface area contributed by atoms with E-state index in [1.54, 1.807) is 6.07 Å². The zero-order valence-electron chi connectivity index (χ0n) is 11.0. The molecule has 1 atom stereocenters. The molecule has 100 valence electrons. The lowest BCUT2D eigenvalue weighted by molar-refractivity contribution is 0.122. The second-order valence-electron chi connectivity index (χ2n) is 4.98. The monoisotopic (exact) mass is 252 g/mol. The van der Waals surface area contributed by atoms with Gasteiger partial charge in [-0.3, -0.25) is 4.90 Å². The van der Waals surface area contributed by atoms with Crippen molar-refractivity contribution < 1.29 is 4.39 Å². The first-order valence-electron chi connectivity index (χ1n) is 6.24. The van der Waals surface area contributed by atoms with Gasteiger partial charge in [0.15, 0.2) is 0 Å². The van der Waals surface area contributed by atoms with E-state index in [-0.39, 0.29) is 11.5 Å². The van der Waals surface area contributed by atoms with Crippen molar-refractivity contribution in [1.29, 1.82) is 0 Å². The molecule has 1 heterocycles. The maximum Gasteiger partial charge on any atom is 0.148 e. The van der Waals surface area contributed by atoms with Gasteiger partial charge >= 0.3 is 0 Å². The van der Waals surface area contributed by atoms with E-state index in [2.05, 4.69) is 29.2 Å². The molecule has 5 heteroatoms. The molecule has 1 aliphatic heterocycles. The molecule has 0 spiro atoms. The second-order valence-corrected chi connectivity index (χ2v) is 4.98. The van der Waals surface area contributed by atoms with Crippen LogP contribution in [0.25, 0.3) is 0 Å². The van der Waals surface area contributed by atoms with Gasteiger partial charge in [0.05, 0.1) is 11.4 Å². The molecular formula is C13H21FN4. The third-order valence-electron chi connectivity index (χ3n) is 3.56. The minimum atomic E-state index is -0.367. The van der Waals surface area contributed by atoms with E-state index in [0.717, 1.165) is 26.2 Å². The lowest BCUT2D eigenvalue weighted by Gasteiger charge is -2.38. The van der Waals surface area contributed by atoms with Crippen LogP contribution in [-0.4, -0.2) is 56.1 Å². The molecule has 1 aromatic rings. The highest BCUT2D eigenvalue weighted by Gasteiger charge is 2.21. The smallest absolute Gasteiger partial charge is 0.148 e. The number of hydrogen-bond acceptors (Lipinski definition) is 4. The summed E-state index contributed by atoms with van der Waals surface area (Å²) in [5, 5.41) is 3.24. The molecule has 0 radical (unpaired) electrons. The molecule has 0 amide bonds. The molecule has 0 aliphatic carbocycles. The van der Waals surface area contributed by atoms with Crippen molar-refractivity contribution in [2.24, 2.45) is 0 Å². The summed E-state index contributed by atoms with van der Waals surface area (Å²) in [6.07, 6.45) is 0. The molecule has 1 saturated heterocycles. The summed E-state index contributed by atoms with van der Waals surface area (Å²) in [5.74, 6) is -0.367. The van der Waals surface area contributed by atoms with E-state index < -0.39 is 0 Å². The maximum atomic E-state index is 13.3. The summed E-state index contributed by atoms with van der Waals surface area (Å²) < 4.78 is 13.3. The zero-order chi connectivity index (χ0) is 13.1. The number of nitrogens with zero attached hydrogens (tertiary/aromatic N) is 2. The largest absolute Gasteiger partial charge is 0.395 e. The van der Waals surface area contributed by atoms with Gasteiger partial charge in [0.1, 0.15) is 5.82 Å². The van der Waals surface area contributed by atoms with Crippen molar-refractivity contribution in [2.75, 3.05) is 51.3 Å². The van der Waals surface area contributed by atoms with E-state index in [4.69, 9.17) is 5.73 Å². The molecule has 0 bridgehead atoms. The molecule has 1 fully saturated rings. The molecule has 0 saturated carbocycles. The maximum absolute atomic E-state index is 13.3. The summed E-state index contributed by atoms with van der Waals surface area (Å²) in [6, 6.07) is 5.28. The Morgan fingerprint density at radius 2 is 2.17 bits per heavy atom. The average molecular weight is 252 g/mol. The SMILES string of the molecule is CN1CCN(C)C(CNc2cccc(F)c2N)C1. The number of benzene rings is 1. The van der Waals surface area contributed by atoms with Gasteiger partial charge in [-0.25, -0.2) is 4.39 Å². The molecule has 18 heavy (non-hydrogen) atoms. The third kappa shape index (κ3) is 2.91.